The number of carbonyl (C=O) groups excluding carboxylic acids is 2. The Hall–Kier alpha value is -3.76. The van der Waals surface area contributed by atoms with Crippen molar-refractivity contribution in [3.8, 4) is 17.1 Å². The van der Waals surface area contributed by atoms with Gasteiger partial charge in [0.15, 0.2) is 4.90 Å². The Bertz CT molecular complexity index is 1450. The molecular weight excluding hydrogens is 483 g/mol. The fourth-order valence-corrected chi connectivity index (χ4v) is 5.23. The smallest absolute Gasteiger partial charge is 0.310 e. The molecule has 1 aliphatic heterocycles. The summed E-state index contributed by atoms with van der Waals surface area (Å²) in [4.78, 5) is 36.1. The van der Waals surface area contributed by atoms with E-state index in [1.807, 2.05) is 0 Å². The van der Waals surface area contributed by atoms with Crippen LogP contribution in [0.2, 0.25) is 0 Å². The number of halogens is 1. The molecule has 0 spiro atoms. The van der Waals surface area contributed by atoms with E-state index in [0.29, 0.717) is 57.9 Å². The van der Waals surface area contributed by atoms with Gasteiger partial charge in [-0.15, -0.1) is 0 Å². The summed E-state index contributed by atoms with van der Waals surface area (Å²) in [5, 5.41) is 0.711. The number of nitrogens with zero attached hydrogens (tertiary/aromatic N) is 4. The van der Waals surface area contributed by atoms with E-state index >= 15 is 0 Å². The summed E-state index contributed by atoms with van der Waals surface area (Å²) in [7, 11) is 1.34. The number of ether oxygens (including phenoxy) is 1. The molecule has 1 aliphatic rings. The second kappa shape index (κ2) is 9.71. The van der Waals surface area contributed by atoms with Crippen LogP contribution < -0.4 is 0 Å². The van der Waals surface area contributed by atoms with Crippen molar-refractivity contribution in [2.45, 2.75) is 11.3 Å². The van der Waals surface area contributed by atoms with E-state index in [1.165, 1.54) is 25.6 Å². The molecule has 2 aromatic carbocycles. The molecule has 2 atom stereocenters. The van der Waals surface area contributed by atoms with Crippen LogP contribution >= 0.6 is 0 Å². The van der Waals surface area contributed by atoms with Crippen LogP contribution in [0.15, 0.2) is 66.0 Å². The van der Waals surface area contributed by atoms with Crippen molar-refractivity contribution >= 4 is 34.0 Å². The Labute approximate surface area is 209 Å². The molecular formula is C26H23FN4O4S. The summed E-state index contributed by atoms with van der Waals surface area (Å²) in [6.07, 6.45) is 6.88. The number of hydrogen-bond acceptors (Lipinski definition) is 6. The molecule has 0 radical (unpaired) electrons. The number of aromatic nitrogens is 3. The van der Waals surface area contributed by atoms with Crippen molar-refractivity contribution < 1.29 is 23.3 Å². The number of fused-ring (bicyclic) bond motifs is 1. The largest absolute Gasteiger partial charge is 0.612 e. The highest BCUT2D eigenvalue weighted by atomic mass is 32.2. The first-order chi connectivity index (χ1) is 17.4. The zero-order chi connectivity index (χ0) is 25.4. The standard InChI is InChI=1S/C26H23FN4O4S/c1-35-25(33)17-9-10-30(14-17)24(32)16-7-8-20-22(11-16)31(15-23(20)36(2)34)26-28-12-18(13-29-26)19-5-3-4-6-21(19)27/h3-8,11-13,15,17H,9-10,14H2,1-2H3. The lowest BCUT2D eigenvalue weighted by Gasteiger charge is -2.16. The van der Waals surface area contributed by atoms with Gasteiger partial charge in [0, 0.05) is 42.2 Å². The van der Waals surface area contributed by atoms with Crippen LogP contribution in [0.25, 0.3) is 28.0 Å². The van der Waals surface area contributed by atoms with Crippen LogP contribution in [0.5, 0.6) is 0 Å². The minimum atomic E-state index is -1.30. The van der Waals surface area contributed by atoms with Gasteiger partial charge in [-0.3, -0.25) is 14.2 Å². The summed E-state index contributed by atoms with van der Waals surface area (Å²) in [5.74, 6) is -0.925. The Balaban J connectivity index is 1.51. The van der Waals surface area contributed by atoms with Gasteiger partial charge < -0.3 is 14.2 Å². The highest BCUT2D eigenvalue weighted by Crippen LogP contribution is 2.30. The third-order valence-electron chi connectivity index (χ3n) is 6.37. The van der Waals surface area contributed by atoms with Crippen molar-refractivity contribution in [1.29, 1.82) is 0 Å². The Morgan fingerprint density at radius 1 is 1.17 bits per heavy atom. The van der Waals surface area contributed by atoms with Crippen molar-refractivity contribution in [3.05, 3.63) is 72.4 Å². The molecule has 184 valence electrons. The van der Waals surface area contributed by atoms with E-state index < -0.39 is 11.2 Å². The van der Waals surface area contributed by atoms with Crippen LogP contribution in [-0.2, 0) is 20.7 Å². The molecule has 1 amide bonds. The Morgan fingerprint density at radius 3 is 2.61 bits per heavy atom. The minimum Gasteiger partial charge on any atom is -0.612 e. The van der Waals surface area contributed by atoms with Crippen LogP contribution in [0.1, 0.15) is 16.8 Å². The minimum absolute atomic E-state index is 0.203. The molecule has 3 heterocycles. The second-order valence-electron chi connectivity index (χ2n) is 8.56. The Kier molecular flexibility index (Phi) is 6.46. The highest BCUT2D eigenvalue weighted by molar-refractivity contribution is 7.91. The zero-order valence-corrected chi connectivity index (χ0v) is 20.5. The van der Waals surface area contributed by atoms with Crippen molar-refractivity contribution in [2.24, 2.45) is 5.92 Å². The van der Waals surface area contributed by atoms with E-state index in [9.17, 15) is 18.5 Å². The van der Waals surface area contributed by atoms with E-state index in [0.717, 1.165) is 0 Å². The fourth-order valence-electron chi connectivity index (χ4n) is 4.49. The number of hydrogen-bond donors (Lipinski definition) is 0. The van der Waals surface area contributed by atoms with Crippen molar-refractivity contribution in [1.82, 2.24) is 19.4 Å². The monoisotopic (exact) mass is 506 g/mol. The summed E-state index contributed by atoms with van der Waals surface area (Å²) in [5.41, 5.74) is 1.97. The molecule has 1 fully saturated rings. The molecule has 0 N–H and O–H groups in total. The van der Waals surface area contributed by atoms with Gasteiger partial charge in [0.25, 0.3) is 5.91 Å². The van der Waals surface area contributed by atoms with Crippen molar-refractivity contribution in [2.75, 3.05) is 26.5 Å². The lowest BCUT2D eigenvalue weighted by atomic mass is 10.1. The number of likely N-dealkylation sites (tertiary alicyclic amines) is 1. The SMILES string of the molecule is COC(=O)C1CCN(C(=O)c2ccc3c([S+](C)[O-])cn(-c4ncc(-c5ccccc5F)cn4)c3c2)C1. The topological polar surface area (TPSA) is 100 Å². The average Bonchev–Trinajstić information content (AvgIpc) is 3.54. The normalized spacial score (nSPS) is 16.3. The van der Waals surface area contributed by atoms with E-state index in [2.05, 4.69) is 9.97 Å². The number of amides is 1. The average molecular weight is 507 g/mol. The predicted octanol–water partition coefficient (Wildman–Crippen LogP) is 3.60. The molecule has 0 aliphatic carbocycles. The lowest BCUT2D eigenvalue weighted by molar-refractivity contribution is -0.144. The first-order valence-electron chi connectivity index (χ1n) is 11.3. The number of methoxy groups -OCH3 is 1. The predicted molar refractivity (Wildman–Crippen MR) is 133 cm³/mol. The second-order valence-corrected chi connectivity index (χ2v) is 9.91. The summed E-state index contributed by atoms with van der Waals surface area (Å²) < 4.78 is 33.1. The van der Waals surface area contributed by atoms with Gasteiger partial charge in [-0.05, 0) is 41.9 Å². The van der Waals surface area contributed by atoms with Gasteiger partial charge in [0.2, 0.25) is 5.95 Å². The Morgan fingerprint density at radius 2 is 1.92 bits per heavy atom. The van der Waals surface area contributed by atoms with Crippen LogP contribution in [0.3, 0.4) is 0 Å². The number of esters is 1. The van der Waals surface area contributed by atoms with Gasteiger partial charge in [0.1, 0.15) is 12.1 Å². The molecule has 2 unspecified atom stereocenters. The molecule has 10 heteroatoms. The number of benzene rings is 2. The quantitative estimate of drug-likeness (QED) is 0.303. The fraction of sp³-hybridized carbons (Fsp3) is 0.231. The summed E-state index contributed by atoms with van der Waals surface area (Å²) in [6, 6.07) is 11.5. The zero-order valence-electron chi connectivity index (χ0n) is 19.7. The van der Waals surface area contributed by atoms with Gasteiger partial charge >= 0.3 is 5.97 Å². The maximum Gasteiger partial charge on any atom is 0.310 e. The molecule has 36 heavy (non-hydrogen) atoms. The number of rotatable bonds is 5. The van der Waals surface area contributed by atoms with E-state index in [-0.39, 0.29) is 23.6 Å². The summed E-state index contributed by atoms with van der Waals surface area (Å²) >= 11 is -1.30. The third kappa shape index (κ3) is 4.33. The first kappa shape index (κ1) is 24.0. The molecule has 2 aromatic heterocycles. The van der Waals surface area contributed by atoms with Gasteiger partial charge in [-0.1, -0.05) is 18.2 Å². The van der Waals surface area contributed by atoms with Crippen molar-refractivity contribution in [3.63, 3.8) is 0 Å². The summed E-state index contributed by atoms with van der Waals surface area (Å²) in [6.45, 7) is 0.762. The number of carbonyl (C=O) groups is 2. The lowest BCUT2D eigenvalue weighted by Crippen LogP contribution is -2.30. The molecule has 1 saturated heterocycles. The third-order valence-corrected chi connectivity index (χ3v) is 7.32. The van der Waals surface area contributed by atoms with Crippen LogP contribution in [-0.4, -0.2) is 62.3 Å². The van der Waals surface area contributed by atoms with E-state index in [4.69, 9.17) is 4.74 Å². The highest BCUT2D eigenvalue weighted by Gasteiger charge is 2.32. The van der Waals surface area contributed by atoms with E-state index in [1.54, 1.807) is 58.3 Å². The molecule has 5 rings (SSSR count). The van der Waals surface area contributed by atoms with Gasteiger partial charge in [-0.2, -0.15) is 0 Å². The van der Waals surface area contributed by atoms with Crippen LogP contribution in [0.4, 0.5) is 4.39 Å². The molecule has 8 nitrogen and oxygen atoms in total. The molecule has 0 bridgehead atoms. The van der Waals surface area contributed by atoms with Gasteiger partial charge in [-0.25, -0.2) is 14.4 Å². The van der Waals surface area contributed by atoms with Crippen LogP contribution in [0, 0.1) is 11.7 Å². The van der Waals surface area contributed by atoms with Gasteiger partial charge in [0.05, 0.1) is 30.1 Å². The molecule has 0 saturated carbocycles. The first-order valence-corrected chi connectivity index (χ1v) is 12.9. The maximum atomic E-state index is 14.2. The molecule has 4 aromatic rings. The maximum absolute atomic E-state index is 14.2.